The Balaban J connectivity index is 1.89. The van der Waals surface area contributed by atoms with Crippen LogP contribution in [0.25, 0.3) is 0 Å². The Kier molecular flexibility index (Phi) is 4.07. The summed E-state index contributed by atoms with van der Waals surface area (Å²) < 4.78 is 31.3. The minimum Gasteiger partial charge on any atom is -0.378 e. The molecule has 1 fully saturated rings. The summed E-state index contributed by atoms with van der Waals surface area (Å²) in [7, 11) is 0. The lowest BCUT2D eigenvalue weighted by Crippen LogP contribution is -2.14. The Morgan fingerprint density at radius 1 is 1.35 bits per heavy atom. The molecule has 1 heterocycles. The van der Waals surface area contributed by atoms with Gasteiger partial charge in [0.25, 0.3) is 0 Å². The van der Waals surface area contributed by atoms with Gasteiger partial charge in [0.15, 0.2) is 11.6 Å². The van der Waals surface area contributed by atoms with Gasteiger partial charge in [0.2, 0.25) is 0 Å². The number of nitrogens with two attached hydrogens (primary N) is 1. The maximum absolute atomic E-state index is 13.0. The minimum atomic E-state index is -0.838. The van der Waals surface area contributed by atoms with E-state index >= 15 is 0 Å². The molecule has 0 radical (unpaired) electrons. The van der Waals surface area contributed by atoms with Gasteiger partial charge in [0.1, 0.15) is 0 Å². The van der Waals surface area contributed by atoms with Crippen LogP contribution in [0.4, 0.5) is 8.78 Å². The second-order valence-corrected chi connectivity index (χ2v) is 4.49. The monoisotopic (exact) mass is 241 g/mol. The van der Waals surface area contributed by atoms with E-state index in [0.717, 1.165) is 38.4 Å². The first kappa shape index (κ1) is 12.5. The number of hydrogen-bond donors (Lipinski definition) is 1. The van der Waals surface area contributed by atoms with Crippen molar-refractivity contribution in [2.24, 2.45) is 5.73 Å². The molecule has 0 spiro atoms. The van der Waals surface area contributed by atoms with Crippen molar-refractivity contribution >= 4 is 0 Å². The third-order valence-corrected chi connectivity index (χ3v) is 3.20. The minimum absolute atomic E-state index is 0.255. The van der Waals surface area contributed by atoms with Gasteiger partial charge in [-0.3, -0.25) is 0 Å². The summed E-state index contributed by atoms with van der Waals surface area (Å²) in [4.78, 5) is 0. The van der Waals surface area contributed by atoms with Crippen molar-refractivity contribution in [2.45, 2.75) is 37.8 Å². The van der Waals surface area contributed by atoms with Crippen LogP contribution in [-0.4, -0.2) is 12.7 Å². The Morgan fingerprint density at radius 2 is 2.18 bits per heavy atom. The molecular formula is C13H17F2NO. The lowest BCUT2D eigenvalue weighted by atomic mass is 10.00. The summed E-state index contributed by atoms with van der Waals surface area (Å²) >= 11 is 0. The van der Waals surface area contributed by atoms with E-state index in [1.165, 1.54) is 6.07 Å². The number of hydrogen-bond acceptors (Lipinski definition) is 2. The fourth-order valence-corrected chi connectivity index (χ4v) is 2.15. The van der Waals surface area contributed by atoms with Crippen molar-refractivity contribution < 1.29 is 13.5 Å². The molecule has 1 aliphatic rings. The predicted molar refractivity (Wildman–Crippen MR) is 61.5 cm³/mol. The number of benzene rings is 1. The van der Waals surface area contributed by atoms with Gasteiger partial charge in [0, 0.05) is 12.6 Å². The summed E-state index contributed by atoms with van der Waals surface area (Å²) in [6, 6.07) is 3.58. The second-order valence-electron chi connectivity index (χ2n) is 4.49. The van der Waals surface area contributed by atoms with E-state index in [2.05, 4.69) is 0 Å². The van der Waals surface area contributed by atoms with Gasteiger partial charge in [-0.2, -0.15) is 0 Å². The number of rotatable bonds is 4. The molecule has 1 saturated heterocycles. The summed E-state index contributed by atoms with van der Waals surface area (Å²) in [5.41, 5.74) is 6.59. The van der Waals surface area contributed by atoms with E-state index in [1.54, 1.807) is 6.07 Å². The van der Waals surface area contributed by atoms with E-state index in [1.807, 2.05) is 0 Å². The number of ether oxygens (including phenoxy) is 1. The van der Waals surface area contributed by atoms with E-state index in [9.17, 15) is 8.78 Å². The normalized spacial score (nSPS) is 21.7. The lowest BCUT2D eigenvalue weighted by Gasteiger charge is -2.15. The van der Waals surface area contributed by atoms with Gasteiger partial charge >= 0.3 is 0 Å². The van der Waals surface area contributed by atoms with Crippen LogP contribution in [0.15, 0.2) is 18.2 Å². The SMILES string of the molecule is NC(CCC1CCCO1)c1ccc(F)c(F)c1. The van der Waals surface area contributed by atoms with Gasteiger partial charge < -0.3 is 10.5 Å². The van der Waals surface area contributed by atoms with Crippen LogP contribution in [0.1, 0.15) is 37.3 Å². The standard InChI is InChI=1S/C13H17F2NO/c14-11-5-3-9(8-12(11)15)13(16)6-4-10-2-1-7-17-10/h3,5,8,10,13H,1-2,4,6-7,16H2. The van der Waals surface area contributed by atoms with Crippen molar-refractivity contribution in [3.63, 3.8) is 0 Å². The van der Waals surface area contributed by atoms with Gasteiger partial charge in [-0.25, -0.2) is 8.78 Å². The molecule has 1 aromatic carbocycles. The first-order valence-corrected chi connectivity index (χ1v) is 5.99. The molecule has 2 atom stereocenters. The van der Waals surface area contributed by atoms with Crippen LogP contribution < -0.4 is 5.73 Å². The highest BCUT2D eigenvalue weighted by Crippen LogP contribution is 2.23. The van der Waals surface area contributed by atoms with Gasteiger partial charge in [-0.05, 0) is 43.4 Å². The molecule has 0 bridgehead atoms. The Bertz CT molecular complexity index is 378. The van der Waals surface area contributed by atoms with Crippen molar-refractivity contribution in [3.8, 4) is 0 Å². The zero-order valence-corrected chi connectivity index (χ0v) is 9.66. The van der Waals surface area contributed by atoms with Gasteiger partial charge in [-0.1, -0.05) is 6.07 Å². The molecule has 2 rings (SSSR count). The average Bonchev–Trinajstić information content (AvgIpc) is 2.82. The van der Waals surface area contributed by atoms with Crippen LogP contribution in [0.2, 0.25) is 0 Å². The third kappa shape index (κ3) is 3.23. The summed E-state index contributed by atoms with van der Waals surface area (Å²) in [5, 5.41) is 0. The Labute approximate surface area is 99.8 Å². The van der Waals surface area contributed by atoms with Crippen LogP contribution >= 0.6 is 0 Å². The van der Waals surface area contributed by atoms with Crippen LogP contribution in [0.3, 0.4) is 0 Å². The maximum Gasteiger partial charge on any atom is 0.159 e. The maximum atomic E-state index is 13.0. The van der Waals surface area contributed by atoms with Crippen molar-refractivity contribution in [2.75, 3.05) is 6.61 Å². The quantitative estimate of drug-likeness (QED) is 0.879. The second kappa shape index (κ2) is 5.56. The molecule has 94 valence electrons. The topological polar surface area (TPSA) is 35.2 Å². The Hall–Kier alpha value is -1.00. The highest BCUT2D eigenvalue weighted by molar-refractivity contribution is 5.20. The third-order valence-electron chi connectivity index (χ3n) is 3.20. The molecule has 17 heavy (non-hydrogen) atoms. The van der Waals surface area contributed by atoms with E-state index in [-0.39, 0.29) is 12.1 Å². The average molecular weight is 241 g/mol. The van der Waals surface area contributed by atoms with Crippen LogP contribution in [0.5, 0.6) is 0 Å². The summed E-state index contributed by atoms with van der Waals surface area (Å²) in [6.45, 7) is 0.824. The zero-order chi connectivity index (χ0) is 12.3. The summed E-state index contributed by atoms with van der Waals surface area (Å²) in [5.74, 6) is -1.67. The highest BCUT2D eigenvalue weighted by atomic mass is 19.2. The molecule has 4 heteroatoms. The molecule has 2 unspecified atom stereocenters. The van der Waals surface area contributed by atoms with Gasteiger partial charge in [-0.15, -0.1) is 0 Å². The van der Waals surface area contributed by atoms with E-state index < -0.39 is 11.6 Å². The largest absolute Gasteiger partial charge is 0.378 e. The molecule has 1 aliphatic heterocycles. The van der Waals surface area contributed by atoms with Crippen LogP contribution in [-0.2, 0) is 4.74 Å². The molecule has 0 amide bonds. The number of halogens is 2. The molecular weight excluding hydrogens is 224 g/mol. The highest BCUT2D eigenvalue weighted by Gasteiger charge is 2.17. The Morgan fingerprint density at radius 3 is 2.82 bits per heavy atom. The van der Waals surface area contributed by atoms with Crippen molar-refractivity contribution in [1.29, 1.82) is 0 Å². The molecule has 0 aromatic heterocycles. The van der Waals surface area contributed by atoms with E-state index in [0.29, 0.717) is 5.56 Å². The fraction of sp³-hybridized carbons (Fsp3) is 0.538. The molecule has 0 saturated carbocycles. The molecule has 2 N–H and O–H groups in total. The molecule has 0 aliphatic carbocycles. The molecule has 2 nitrogen and oxygen atoms in total. The lowest BCUT2D eigenvalue weighted by molar-refractivity contribution is 0.101. The van der Waals surface area contributed by atoms with Crippen molar-refractivity contribution in [1.82, 2.24) is 0 Å². The van der Waals surface area contributed by atoms with E-state index in [4.69, 9.17) is 10.5 Å². The fourth-order valence-electron chi connectivity index (χ4n) is 2.15. The summed E-state index contributed by atoms with van der Waals surface area (Å²) in [6.07, 6.45) is 4.07. The van der Waals surface area contributed by atoms with Gasteiger partial charge in [0.05, 0.1) is 6.10 Å². The van der Waals surface area contributed by atoms with Crippen LogP contribution in [0, 0.1) is 11.6 Å². The molecule has 1 aromatic rings. The predicted octanol–water partition coefficient (Wildman–Crippen LogP) is 2.92. The smallest absolute Gasteiger partial charge is 0.159 e. The first-order valence-electron chi connectivity index (χ1n) is 5.99. The van der Waals surface area contributed by atoms with Crippen molar-refractivity contribution in [3.05, 3.63) is 35.4 Å². The first-order chi connectivity index (χ1) is 8.16. The zero-order valence-electron chi connectivity index (χ0n) is 9.66.